The Morgan fingerprint density at radius 2 is 2.31 bits per heavy atom. The van der Waals surface area contributed by atoms with E-state index in [-0.39, 0.29) is 6.42 Å². The van der Waals surface area contributed by atoms with E-state index in [9.17, 15) is 4.79 Å². The van der Waals surface area contributed by atoms with E-state index in [1.807, 2.05) is 13.0 Å². The molecule has 0 amide bonds. The number of carbonyl (C=O) groups is 1. The van der Waals surface area contributed by atoms with Gasteiger partial charge in [-0.1, -0.05) is 12.1 Å². The van der Waals surface area contributed by atoms with E-state index in [0.29, 0.717) is 0 Å². The average molecular weight is 180 g/mol. The summed E-state index contributed by atoms with van der Waals surface area (Å²) in [6, 6.07) is 5.33. The molecule has 0 bridgehead atoms. The number of carboxylic acids is 1. The van der Waals surface area contributed by atoms with Crippen LogP contribution in [0.25, 0.3) is 0 Å². The summed E-state index contributed by atoms with van der Waals surface area (Å²) in [5, 5.41) is 8.54. The van der Waals surface area contributed by atoms with Gasteiger partial charge in [-0.15, -0.1) is 0 Å². The molecule has 4 N–H and O–H groups in total. The Morgan fingerprint density at radius 1 is 1.62 bits per heavy atom. The monoisotopic (exact) mass is 180 g/mol. The Kier molecular flexibility index (Phi) is 2.87. The molecule has 1 aromatic carbocycles. The van der Waals surface area contributed by atoms with E-state index in [0.717, 1.165) is 16.8 Å². The van der Waals surface area contributed by atoms with Crippen molar-refractivity contribution in [2.75, 3.05) is 5.43 Å². The van der Waals surface area contributed by atoms with Gasteiger partial charge in [0.1, 0.15) is 0 Å². The molecule has 0 aliphatic heterocycles. The van der Waals surface area contributed by atoms with Gasteiger partial charge < -0.3 is 10.5 Å². The zero-order valence-corrected chi connectivity index (χ0v) is 7.37. The molecule has 0 saturated carbocycles. The summed E-state index contributed by atoms with van der Waals surface area (Å²) in [6.45, 7) is 1.88. The first-order valence-electron chi connectivity index (χ1n) is 3.91. The fraction of sp³-hybridized carbons (Fsp3) is 0.222. The first-order chi connectivity index (χ1) is 6.13. The van der Waals surface area contributed by atoms with Gasteiger partial charge in [-0.3, -0.25) is 10.6 Å². The number of aliphatic carboxylic acids is 1. The molecule has 4 nitrogen and oxygen atoms in total. The molecule has 0 aromatic heterocycles. The Balaban J connectivity index is 2.89. The summed E-state index contributed by atoms with van der Waals surface area (Å²) < 4.78 is 0. The van der Waals surface area contributed by atoms with Crippen LogP contribution in [0.4, 0.5) is 5.69 Å². The molecule has 1 aromatic rings. The van der Waals surface area contributed by atoms with Gasteiger partial charge in [0.05, 0.1) is 12.1 Å². The third-order valence-electron chi connectivity index (χ3n) is 1.80. The third-order valence-corrected chi connectivity index (χ3v) is 1.80. The second-order valence-corrected chi connectivity index (χ2v) is 2.86. The standard InChI is InChI=1S/C9H12N2O2/c1-6-4-7(5-9(12)13)2-3-8(6)11-10/h2-4,11H,5,10H2,1H3,(H,12,13). The number of rotatable bonds is 3. The number of nitrogens with two attached hydrogens (primary N) is 1. The molecule has 0 heterocycles. The van der Waals surface area contributed by atoms with Crippen LogP contribution in [0.5, 0.6) is 0 Å². The number of hydrazine groups is 1. The van der Waals surface area contributed by atoms with Gasteiger partial charge in [-0.2, -0.15) is 0 Å². The Bertz CT molecular complexity index is 323. The molecule has 70 valence electrons. The van der Waals surface area contributed by atoms with Crippen molar-refractivity contribution < 1.29 is 9.90 Å². The van der Waals surface area contributed by atoms with E-state index in [2.05, 4.69) is 5.43 Å². The van der Waals surface area contributed by atoms with E-state index >= 15 is 0 Å². The van der Waals surface area contributed by atoms with Crippen LogP contribution < -0.4 is 11.3 Å². The first-order valence-corrected chi connectivity index (χ1v) is 3.91. The maximum absolute atomic E-state index is 10.4. The quantitative estimate of drug-likeness (QED) is 0.477. The lowest BCUT2D eigenvalue weighted by Gasteiger charge is -2.05. The molecule has 4 heteroatoms. The molecule has 0 saturated heterocycles. The SMILES string of the molecule is Cc1cc(CC(=O)O)ccc1NN. The van der Waals surface area contributed by atoms with Gasteiger partial charge in [-0.05, 0) is 24.1 Å². The maximum atomic E-state index is 10.4. The van der Waals surface area contributed by atoms with Crippen LogP contribution in [-0.4, -0.2) is 11.1 Å². The first kappa shape index (κ1) is 9.54. The van der Waals surface area contributed by atoms with E-state index in [4.69, 9.17) is 10.9 Å². The molecule has 13 heavy (non-hydrogen) atoms. The smallest absolute Gasteiger partial charge is 0.307 e. The van der Waals surface area contributed by atoms with Crippen molar-refractivity contribution in [2.24, 2.45) is 5.84 Å². The van der Waals surface area contributed by atoms with E-state index < -0.39 is 5.97 Å². The summed E-state index contributed by atoms with van der Waals surface area (Å²) in [5.74, 6) is 4.41. The lowest BCUT2D eigenvalue weighted by atomic mass is 10.1. The second kappa shape index (κ2) is 3.91. The van der Waals surface area contributed by atoms with Crippen molar-refractivity contribution in [3.8, 4) is 0 Å². The number of benzene rings is 1. The van der Waals surface area contributed by atoms with Crippen LogP contribution in [0.1, 0.15) is 11.1 Å². The van der Waals surface area contributed by atoms with Crippen LogP contribution in [0, 0.1) is 6.92 Å². The highest BCUT2D eigenvalue weighted by Crippen LogP contribution is 2.15. The van der Waals surface area contributed by atoms with Crippen LogP contribution in [0.3, 0.4) is 0 Å². The van der Waals surface area contributed by atoms with Crippen LogP contribution in [0.2, 0.25) is 0 Å². The molecule has 0 atom stereocenters. The molecule has 0 fully saturated rings. The minimum absolute atomic E-state index is 0.0473. The highest BCUT2D eigenvalue weighted by molar-refractivity contribution is 5.70. The third kappa shape index (κ3) is 2.45. The lowest BCUT2D eigenvalue weighted by molar-refractivity contribution is -0.136. The summed E-state index contributed by atoms with van der Waals surface area (Å²) in [7, 11) is 0. The van der Waals surface area contributed by atoms with Gasteiger partial charge in [0.2, 0.25) is 0 Å². The molecule has 0 aliphatic rings. The van der Waals surface area contributed by atoms with Gasteiger partial charge >= 0.3 is 5.97 Å². The largest absolute Gasteiger partial charge is 0.481 e. The minimum Gasteiger partial charge on any atom is -0.481 e. The van der Waals surface area contributed by atoms with Crippen molar-refractivity contribution in [3.63, 3.8) is 0 Å². The maximum Gasteiger partial charge on any atom is 0.307 e. The number of hydrogen-bond acceptors (Lipinski definition) is 3. The number of hydrogen-bond donors (Lipinski definition) is 3. The Labute approximate surface area is 76.3 Å². The number of aryl methyl sites for hydroxylation is 1. The summed E-state index contributed by atoms with van der Waals surface area (Å²) >= 11 is 0. The van der Waals surface area contributed by atoms with E-state index in [1.54, 1.807) is 12.1 Å². The number of anilines is 1. The van der Waals surface area contributed by atoms with Crippen molar-refractivity contribution in [1.29, 1.82) is 0 Å². The second-order valence-electron chi connectivity index (χ2n) is 2.86. The minimum atomic E-state index is -0.826. The van der Waals surface area contributed by atoms with Crippen molar-refractivity contribution in [1.82, 2.24) is 0 Å². The van der Waals surface area contributed by atoms with Gasteiger partial charge in [-0.25, -0.2) is 0 Å². The number of nitrogens with one attached hydrogen (secondary N) is 1. The zero-order chi connectivity index (χ0) is 9.84. The molecule has 1 rings (SSSR count). The van der Waals surface area contributed by atoms with Crippen molar-refractivity contribution in [3.05, 3.63) is 29.3 Å². The van der Waals surface area contributed by atoms with Gasteiger partial charge in [0.25, 0.3) is 0 Å². The van der Waals surface area contributed by atoms with Gasteiger partial charge in [0.15, 0.2) is 0 Å². The zero-order valence-electron chi connectivity index (χ0n) is 7.37. The Hall–Kier alpha value is -1.55. The predicted octanol–water partition coefficient (Wildman–Crippen LogP) is 0.908. The topological polar surface area (TPSA) is 75.3 Å². The van der Waals surface area contributed by atoms with E-state index in [1.165, 1.54) is 0 Å². The normalized spacial score (nSPS) is 9.69. The van der Waals surface area contributed by atoms with Crippen LogP contribution >= 0.6 is 0 Å². The average Bonchev–Trinajstić information content (AvgIpc) is 2.03. The molecule has 0 spiro atoms. The fourth-order valence-electron chi connectivity index (χ4n) is 1.17. The van der Waals surface area contributed by atoms with Crippen molar-refractivity contribution >= 4 is 11.7 Å². The number of nitrogen functional groups attached to an aromatic ring is 1. The fourth-order valence-corrected chi connectivity index (χ4v) is 1.17. The Morgan fingerprint density at radius 3 is 2.77 bits per heavy atom. The molecule has 0 unspecified atom stereocenters. The highest BCUT2D eigenvalue weighted by atomic mass is 16.4. The van der Waals surface area contributed by atoms with Crippen LogP contribution in [0.15, 0.2) is 18.2 Å². The summed E-state index contributed by atoms with van der Waals surface area (Å²) in [4.78, 5) is 10.4. The summed E-state index contributed by atoms with van der Waals surface area (Å²) in [5.41, 5.74) is 5.07. The summed E-state index contributed by atoms with van der Waals surface area (Å²) in [6.07, 6.45) is 0.0473. The molecule has 0 radical (unpaired) electrons. The predicted molar refractivity (Wildman–Crippen MR) is 50.3 cm³/mol. The van der Waals surface area contributed by atoms with Crippen molar-refractivity contribution in [2.45, 2.75) is 13.3 Å². The van der Waals surface area contributed by atoms with Gasteiger partial charge in [0, 0.05) is 0 Å². The molecular formula is C9H12N2O2. The van der Waals surface area contributed by atoms with Crippen LogP contribution in [-0.2, 0) is 11.2 Å². The number of carboxylic acid groups (broad SMARTS) is 1. The highest BCUT2D eigenvalue weighted by Gasteiger charge is 2.02. The molecule has 0 aliphatic carbocycles. The molecular weight excluding hydrogens is 168 g/mol. The lowest BCUT2D eigenvalue weighted by Crippen LogP contribution is -2.08.